The Labute approximate surface area is 164 Å². The second kappa shape index (κ2) is 8.13. The molecule has 2 heterocycles. The highest BCUT2D eigenvalue weighted by Crippen LogP contribution is 2.23. The van der Waals surface area contributed by atoms with Crippen molar-refractivity contribution in [2.24, 2.45) is 0 Å². The van der Waals surface area contributed by atoms with Gasteiger partial charge in [0, 0.05) is 19.4 Å². The average molecular weight is 398 g/mol. The second-order valence-corrected chi connectivity index (χ2v) is 7.05. The van der Waals surface area contributed by atoms with E-state index >= 15 is 0 Å². The van der Waals surface area contributed by atoms with Gasteiger partial charge < -0.3 is 9.72 Å². The van der Waals surface area contributed by atoms with Crippen LogP contribution in [0.15, 0.2) is 35.1 Å². The van der Waals surface area contributed by atoms with Gasteiger partial charge in [0.05, 0.1) is 17.7 Å². The number of methoxy groups -OCH3 is 1. The topological polar surface area (TPSA) is 114 Å². The van der Waals surface area contributed by atoms with Crippen molar-refractivity contribution in [2.45, 2.75) is 20.3 Å². The monoisotopic (exact) mass is 398 g/mol. The summed E-state index contributed by atoms with van der Waals surface area (Å²) in [6.07, 6.45) is 0.352. The fourth-order valence-corrected chi connectivity index (χ4v) is 3.44. The zero-order chi connectivity index (χ0) is 20.3. The van der Waals surface area contributed by atoms with Gasteiger partial charge in [-0.2, -0.15) is 0 Å². The number of Topliss-reactive ketones (excluding diaryl/α,β-unsaturated/α-hetero) is 1. The number of anilines is 1. The Morgan fingerprint density at radius 3 is 2.54 bits per heavy atom. The molecule has 1 aromatic carbocycles. The third kappa shape index (κ3) is 4.49. The van der Waals surface area contributed by atoms with E-state index in [1.165, 1.54) is 6.92 Å². The number of rotatable bonds is 6. The molecule has 0 bridgehead atoms. The summed E-state index contributed by atoms with van der Waals surface area (Å²) in [6, 6.07) is 8.45. The van der Waals surface area contributed by atoms with Crippen molar-refractivity contribution in [1.82, 2.24) is 15.0 Å². The van der Waals surface area contributed by atoms with E-state index in [-0.39, 0.29) is 16.6 Å². The summed E-state index contributed by atoms with van der Waals surface area (Å²) >= 11 is 1.09. The molecule has 2 aromatic heterocycles. The molecule has 28 heavy (non-hydrogen) atoms. The number of thiazole rings is 1. The van der Waals surface area contributed by atoms with Crippen LogP contribution in [0, 0.1) is 6.92 Å². The maximum atomic E-state index is 12.5. The summed E-state index contributed by atoms with van der Waals surface area (Å²) in [4.78, 5) is 47.5. The molecular formula is C19H18N4O4S. The van der Waals surface area contributed by atoms with Gasteiger partial charge in [0.2, 0.25) is 0 Å². The Morgan fingerprint density at radius 1 is 1.21 bits per heavy atom. The van der Waals surface area contributed by atoms with Crippen molar-refractivity contribution in [1.29, 1.82) is 0 Å². The largest absolute Gasteiger partial charge is 0.497 e. The number of aromatic nitrogens is 3. The maximum Gasteiger partial charge on any atom is 0.276 e. The van der Waals surface area contributed by atoms with E-state index in [1.807, 2.05) is 12.1 Å². The minimum absolute atomic E-state index is 0.0236. The van der Waals surface area contributed by atoms with Crippen LogP contribution < -0.4 is 15.6 Å². The van der Waals surface area contributed by atoms with Gasteiger partial charge in [-0.1, -0.05) is 23.5 Å². The van der Waals surface area contributed by atoms with Crippen molar-refractivity contribution in [3.05, 3.63) is 68.3 Å². The van der Waals surface area contributed by atoms with E-state index in [0.29, 0.717) is 22.8 Å². The van der Waals surface area contributed by atoms with Crippen molar-refractivity contribution >= 4 is 28.2 Å². The van der Waals surface area contributed by atoms with Crippen LogP contribution in [0.4, 0.5) is 5.13 Å². The lowest BCUT2D eigenvalue weighted by molar-refractivity contribution is 0.101. The summed E-state index contributed by atoms with van der Waals surface area (Å²) in [6.45, 7) is 3.14. The van der Waals surface area contributed by atoms with Crippen LogP contribution in [-0.2, 0) is 6.42 Å². The van der Waals surface area contributed by atoms with Crippen LogP contribution in [0.2, 0.25) is 0 Å². The van der Waals surface area contributed by atoms with E-state index in [9.17, 15) is 14.4 Å². The summed E-state index contributed by atoms with van der Waals surface area (Å²) in [7, 11) is 1.58. The highest BCUT2D eigenvalue weighted by Gasteiger charge is 2.16. The highest BCUT2D eigenvalue weighted by molar-refractivity contribution is 7.17. The van der Waals surface area contributed by atoms with Crippen molar-refractivity contribution in [2.75, 3.05) is 12.4 Å². The molecule has 3 aromatic rings. The molecule has 0 aliphatic heterocycles. The SMILES string of the molecule is COc1ccc(Cc2nc(C(=O)Nc3nc(C)c(C(C)=O)s3)cc(=O)[nH]2)cc1. The zero-order valence-electron chi connectivity index (χ0n) is 15.5. The van der Waals surface area contributed by atoms with Crippen LogP contribution >= 0.6 is 11.3 Å². The van der Waals surface area contributed by atoms with Gasteiger partial charge in [0.1, 0.15) is 17.3 Å². The first-order valence-corrected chi connectivity index (χ1v) is 9.20. The molecule has 0 aliphatic carbocycles. The molecule has 0 unspecified atom stereocenters. The molecule has 0 atom stereocenters. The lowest BCUT2D eigenvalue weighted by Crippen LogP contribution is -2.20. The number of ether oxygens (including phenoxy) is 1. The summed E-state index contributed by atoms with van der Waals surface area (Å²) in [5.74, 6) is 0.405. The number of ketones is 1. The standard InChI is InChI=1S/C19H18N4O4S/c1-10-17(11(2)24)28-19(20-10)23-18(26)14-9-16(25)22-15(21-14)8-12-4-6-13(27-3)7-5-12/h4-7,9H,8H2,1-3H3,(H,20,23,26)(H,21,22,25). The molecular weight excluding hydrogens is 380 g/mol. The van der Waals surface area contributed by atoms with Crippen molar-refractivity contribution in [3.8, 4) is 5.75 Å². The first-order valence-electron chi connectivity index (χ1n) is 8.38. The Morgan fingerprint density at radius 2 is 1.93 bits per heavy atom. The first-order chi connectivity index (χ1) is 13.4. The molecule has 0 saturated heterocycles. The number of amides is 1. The number of aryl methyl sites for hydroxylation is 1. The van der Waals surface area contributed by atoms with Gasteiger partial charge in [-0.3, -0.25) is 19.7 Å². The van der Waals surface area contributed by atoms with E-state index in [1.54, 1.807) is 26.2 Å². The van der Waals surface area contributed by atoms with E-state index in [4.69, 9.17) is 4.74 Å². The Balaban J connectivity index is 1.80. The maximum absolute atomic E-state index is 12.5. The quantitative estimate of drug-likeness (QED) is 0.617. The molecule has 3 rings (SSSR count). The molecule has 9 heteroatoms. The number of benzene rings is 1. The van der Waals surface area contributed by atoms with Gasteiger partial charge in [0.15, 0.2) is 10.9 Å². The van der Waals surface area contributed by atoms with E-state index < -0.39 is 11.5 Å². The fourth-order valence-electron chi connectivity index (χ4n) is 2.58. The van der Waals surface area contributed by atoms with Crippen molar-refractivity contribution in [3.63, 3.8) is 0 Å². The third-order valence-electron chi connectivity index (χ3n) is 3.89. The highest BCUT2D eigenvalue weighted by atomic mass is 32.1. The summed E-state index contributed by atoms with van der Waals surface area (Å²) in [5.41, 5.74) is 1.00. The van der Waals surface area contributed by atoms with Crippen LogP contribution in [0.25, 0.3) is 0 Å². The zero-order valence-corrected chi connectivity index (χ0v) is 16.3. The Bertz CT molecular complexity index is 1090. The predicted octanol–water partition coefficient (Wildman–Crippen LogP) is 2.59. The lowest BCUT2D eigenvalue weighted by Gasteiger charge is -2.05. The molecule has 1 amide bonds. The smallest absolute Gasteiger partial charge is 0.276 e. The molecule has 0 saturated carbocycles. The molecule has 2 N–H and O–H groups in total. The number of hydrogen-bond donors (Lipinski definition) is 2. The average Bonchev–Trinajstić information content (AvgIpc) is 3.02. The number of carbonyl (C=O) groups is 2. The number of H-pyrrole nitrogens is 1. The van der Waals surface area contributed by atoms with Gasteiger partial charge in [-0.15, -0.1) is 0 Å². The Hall–Kier alpha value is -3.33. The van der Waals surface area contributed by atoms with Gasteiger partial charge in [0.25, 0.3) is 11.5 Å². The first kappa shape index (κ1) is 19.4. The number of hydrogen-bond acceptors (Lipinski definition) is 7. The van der Waals surface area contributed by atoms with Crippen LogP contribution in [0.5, 0.6) is 5.75 Å². The number of nitrogens with zero attached hydrogens (tertiary/aromatic N) is 2. The van der Waals surface area contributed by atoms with Crippen LogP contribution in [-0.4, -0.2) is 33.8 Å². The van der Waals surface area contributed by atoms with Crippen molar-refractivity contribution < 1.29 is 14.3 Å². The van der Waals surface area contributed by atoms with Gasteiger partial charge >= 0.3 is 0 Å². The van der Waals surface area contributed by atoms with Gasteiger partial charge in [-0.05, 0) is 24.6 Å². The fraction of sp³-hybridized carbons (Fsp3) is 0.211. The minimum atomic E-state index is -0.564. The normalized spacial score (nSPS) is 10.5. The van der Waals surface area contributed by atoms with E-state index in [2.05, 4.69) is 20.3 Å². The third-order valence-corrected chi connectivity index (χ3v) is 5.06. The number of nitrogens with one attached hydrogen (secondary N) is 2. The molecule has 0 radical (unpaired) electrons. The summed E-state index contributed by atoms with van der Waals surface area (Å²) < 4.78 is 5.12. The number of aromatic amines is 1. The lowest BCUT2D eigenvalue weighted by atomic mass is 10.1. The molecule has 144 valence electrons. The van der Waals surface area contributed by atoms with Crippen LogP contribution in [0.3, 0.4) is 0 Å². The molecule has 8 nitrogen and oxygen atoms in total. The van der Waals surface area contributed by atoms with Crippen LogP contribution in [0.1, 0.15) is 44.2 Å². The predicted molar refractivity (Wildman–Crippen MR) is 105 cm³/mol. The molecule has 0 spiro atoms. The number of carbonyl (C=O) groups excluding carboxylic acids is 2. The van der Waals surface area contributed by atoms with Gasteiger partial charge in [-0.25, -0.2) is 9.97 Å². The van der Waals surface area contributed by atoms with E-state index in [0.717, 1.165) is 28.7 Å². The molecule has 0 aliphatic rings. The molecule has 0 fully saturated rings. The summed E-state index contributed by atoms with van der Waals surface area (Å²) in [5, 5.41) is 2.88. The Kier molecular flexibility index (Phi) is 5.65. The minimum Gasteiger partial charge on any atom is -0.497 e. The second-order valence-electron chi connectivity index (χ2n) is 6.05.